The summed E-state index contributed by atoms with van der Waals surface area (Å²) >= 11 is 0. The second-order valence-electron chi connectivity index (χ2n) is 7.99. The fourth-order valence-electron chi connectivity index (χ4n) is 3.85. The molecule has 162 valence electrons. The van der Waals surface area contributed by atoms with E-state index >= 15 is 0 Å². The summed E-state index contributed by atoms with van der Waals surface area (Å²) in [5.74, 6) is 0.117. The van der Waals surface area contributed by atoms with Crippen LogP contribution in [0.5, 0.6) is 11.6 Å². The number of pyridine rings is 1. The van der Waals surface area contributed by atoms with Gasteiger partial charge in [0.1, 0.15) is 28.6 Å². The highest BCUT2D eigenvalue weighted by Gasteiger charge is 2.21. The number of hydrogen-bond acceptors (Lipinski definition) is 5. The van der Waals surface area contributed by atoms with E-state index in [1.54, 1.807) is 30.5 Å². The van der Waals surface area contributed by atoms with Crippen molar-refractivity contribution in [3.05, 3.63) is 75.2 Å². The molecule has 4 rings (SSSR count). The Morgan fingerprint density at radius 2 is 2.00 bits per heavy atom. The largest absolute Gasteiger partial charge is 0.438 e. The number of hydrogen-bond donors (Lipinski definition) is 1. The van der Waals surface area contributed by atoms with Gasteiger partial charge in [-0.15, -0.1) is 0 Å². The number of nitrogens with zero attached hydrogens (tertiary/aromatic N) is 3. The third-order valence-corrected chi connectivity index (χ3v) is 5.84. The van der Waals surface area contributed by atoms with Gasteiger partial charge in [-0.05, 0) is 62.1 Å². The topological polar surface area (TPSA) is 96.5 Å². The number of aryl methyl sites for hydroxylation is 1. The minimum Gasteiger partial charge on any atom is -0.438 e. The lowest BCUT2D eigenvalue weighted by Gasteiger charge is -2.13. The number of fused-ring (bicyclic) bond motifs is 1. The summed E-state index contributed by atoms with van der Waals surface area (Å²) in [5.41, 5.74) is 1.83. The van der Waals surface area contributed by atoms with Crippen LogP contribution in [0.1, 0.15) is 42.4 Å². The molecule has 2 heterocycles. The third kappa shape index (κ3) is 4.26. The summed E-state index contributed by atoms with van der Waals surface area (Å²) in [6.45, 7) is 3.89. The van der Waals surface area contributed by atoms with Crippen molar-refractivity contribution in [1.29, 1.82) is 5.26 Å². The smallest absolute Gasteiger partial charge is 0.269 e. The number of nitriles is 1. The molecular formula is C25H24N4O3. The summed E-state index contributed by atoms with van der Waals surface area (Å²) in [6.07, 6.45) is 6.77. The van der Waals surface area contributed by atoms with Crippen molar-refractivity contribution >= 4 is 17.6 Å². The zero-order valence-electron chi connectivity index (χ0n) is 18.1. The maximum absolute atomic E-state index is 13.3. The van der Waals surface area contributed by atoms with Gasteiger partial charge in [-0.3, -0.25) is 14.0 Å². The maximum atomic E-state index is 13.3. The van der Waals surface area contributed by atoms with Crippen LogP contribution in [0.25, 0.3) is 11.7 Å². The number of carbonyl (C=O) groups is 1. The van der Waals surface area contributed by atoms with Crippen molar-refractivity contribution in [3.63, 3.8) is 0 Å². The van der Waals surface area contributed by atoms with Gasteiger partial charge in [-0.1, -0.05) is 31.0 Å². The standard InChI is InChI=1S/C25H24N4O3/c1-16-8-7-11-21(17(16)2)32-24-20(25(31)29-13-6-5-12-22(29)28-24)14-18(15-26)23(30)27-19-9-3-4-10-19/h5-8,11-14,19H,3-4,9-10H2,1-2H3,(H,27,30)/b18-14+. The minimum atomic E-state index is -0.491. The SMILES string of the molecule is Cc1cccc(Oc2nc3ccccn3c(=O)c2/C=C(\C#N)C(=O)NC2CCCC2)c1C. The summed E-state index contributed by atoms with van der Waals surface area (Å²) < 4.78 is 7.43. The van der Waals surface area contributed by atoms with Crippen LogP contribution in [0, 0.1) is 25.2 Å². The Bertz CT molecular complexity index is 1310. The minimum absolute atomic E-state index is 0.0488. The van der Waals surface area contributed by atoms with E-state index in [0.717, 1.165) is 36.8 Å². The van der Waals surface area contributed by atoms with Crippen molar-refractivity contribution in [2.45, 2.75) is 45.6 Å². The Labute approximate surface area is 186 Å². The Balaban J connectivity index is 1.81. The normalized spacial score (nSPS) is 14.3. The lowest BCUT2D eigenvalue weighted by atomic mass is 10.1. The molecule has 1 saturated carbocycles. The fraction of sp³-hybridized carbons (Fsp3) is 0.280. The Morgan fingerprint density at radius 3 is 2.75 bits per heavy atom. The monoisotopic (exact) mass is 428 g/mol. The van der Waals surface area contributed by atoms with Gasteiger partial charge in [0.25, 0.3) is 11.5 Å². The lowest BCUT2D eigenvalue weighted by molar-refractivity contribution is -0.117. The first-order valence-electron chi connectivity index (χ1n) is 10.7. The van der Waals surface area contributed by atoms with Crippen LogP contribution in [0.2, 0.25) is 0 Å². The zero-order chi connectivity index (χ0) is 22.7. The molecule has 1 fully saturated rings. The van der Waals surface area contributed by atoms with Crippen molar-refractivity contribution in [2.24, 2.45) is 0 Å². The Hall–Kier alpha value is -3.92. The van der Waals surface area contributed by atoms with E-state index in [1.165, 1.54) is 10.5 Å². The number of carbonyl (C=O) groups excluding carboxylic acids is 1. The zero-order valence-corrected chi connectivity index (χ0v) is 18.1. The first kappa shape index (κ1) is 21.3. The number of benzene rings is 1. The van der Waals surface area contributed by atoms with Crippen LogP contribution in [-0.2, 0) is 4.79 Å². The Kier molecular flexibility index (Phi) is 6.04. The molecular weight excluding hydrogens is 404 g/mol. The molecule has 2 aromatic heterocycles. The molecule has 1 aromatic carbocycles. The second-order valence-corrected chi connectivity index (χ2v) is 7.99. The lowest BCUT2D eigenvalue weighted by Crippen LogP contribution is -2.33. The molecule has 3 aromatic rings. The maximum Gasteiger partial charge on any atom is 0.269 e. The summed E-state index contributed by atoms with van der Waals surface area (Å²) in [7, 11) is 0. The average Bonchev–Trinajstić information content (AvgIpc) is 3.30. The molecule has 0 spiro atoms. The summed E-state index contributed by atoms with van der Waals surface area (Å²) in [5, 5.41) is 12.5. The number of amides is 1. The molecule has 1 aliphatic carbocycles. The number of ether oxygens (including phenoxy) is 1. The highest BCUT2D eigenvalue weighted by molar-refractivity contribution is 6.02. The van der Waals surface area contributed by atoms with Crippen molar-refractivity contribution in [2.75, 3.05) is 0 Å². The van der Waals surface area contributed by atoms with E-state index in [4.69, 9.17) is 4.74 Å². The van der Waals surface area contributed by atoms with E-state index in [-0.39, 0.29) is 23.1 Å². The predicted octanol–water partition coefficient (Wildman–Crippen LogP) is 4.07. The van der Waals surface area contributed by atoms with Gasteiger partial charge in [0, 0.05) is 12.2 Å². The highest BCUT2D eigenvalue weighted by atomic mass is 16.5. The van der Waals surface area contributed by atoms with Crippen LogP contribution in [0.4, 0.5) is 0 Å². The van der Waals surface area contributed by atoms with Crippen LogP contribution in [0.15, 0.2) is 53.0 Å². The molecule has 1 N–H and O–H groups in total. The Morgan fingerprint density at radius 1 is 1.22 bits per heavy atom. The van der Waals surface area contributed by atoms with E-state index < -0.39 is 11.5 Å². The van der Waals surface area contributed by atoms with Gasteiger partial charge in [0.15, 0.2) is 0 Å². The molecule has 0 atom stereocenters. The molecule has 7 nitrogen and oxygen atoms in total. The summed E-state index contributed by atoms with van der Waals surface area (Å²) in [6, 6.07) is 12.8. The average molecular weight is 428 g/mol. The quantitative estimate of drug-likeness (QED) is 0.488. The van der Waals surface area contributed by atoms with Gasteiger partial charge in [-0.2, -0.15) is 10.2 Å². The predicted molar refractivity (Wildman–Crippen MR) is 121 cm³/mol. The molecule has 0 bridgehead atoms. The molecule has 32 heavy (non-hydrogen) atoms. The van der Waals surface area contributed by atoms with Gasteiger partial charge >= 0.3 is 0 Å². The van der Waals surface area contributed by atoms with Gasteiger partial charge in [0.05, 0.1) is 0 Å². The van der Waals surface area contributed by atoms with Crippen LogP contribution < -0.4 is 15.6 Å². The fourth-order valence-corrected chi connectivity index (χ4v) is 3.85. The van der Waals surface area contributed by atoms with E-state index in [1.807, 2.05) is 32.0 Å². The first-order valence-corrected chi connectivity index (χ1v) is 10.7. The van der Waals surface area contributed by atoms with Crippen molar-refractivity contribution in [3.8, 4) is 17.7 Å². The molecule has 0 radical (unpaired) electrons. The molecule has 1 amide bonds. The second kappa shape index (κ2) is 9.06. The van der Waals surface area contributed by atoms with E-state index in [9.17, 15) is 14.9 Å². The first-order chi connectivity index (χ1) is 15.5. The van der Waals surface area contributed by atoms with Gasteiger partial charge in [-0.25, -0.2) is 0 Å². The van der Waals surface area contributed by atoms with Gasteiger partial charge in [0.2, 0.25) is 5.88 Å². The van der Waals surface area contributed by atoms with E-state index in [2.05, 4.69) is 10.3 Å². The van der Waals surface area contributed by atoms with Crippen LogP contribution in [0.3, 0.4) is 0 Å². The number of rotatable bonds is 5. The molecule has 0 saturated heterocycles. The molecule has 0 aliphatic heterocycles. The van der Waals surface area contributed by atoms with Crippen molar-refractivity contribution in [1.82, 2.24) is 14.7 Å². The number of nitrogens with one attached hydrogen (secondary N) is 1. The molecule has 7 heteroatoms. The van der Waals surface area contributed by atoms with E-state index in [0.29, 0.717) is 11.4 Å². The van der Waals surface area contributed by atoms with Crippen LogP contribution in [-0.4, -0.2) is 21.3 Å². The highest BCUT2D eigenvalue weighted by Crippen LogP contribution is 2.28. The molecule has 0 unspecified atom stereocenters. The van der Waals surface area contributed by atoms with Crippen LogP contribution >= 0.6 is 0 Å². The summed E-state index contributed by atoms with van der Waals surface area (Å²) in [4.78, 5) is 30.5. The third-order valence-electron chi connectivity index (χ3n) is 5.84. The van der Waals surface area contributed by atoms with Gasteiger partial charge < -0.3 is 10.1 Å². The number of aromatic nitrogens is 2. The van der Waals surface area contributed by atoms with Crippen molar-refractivity contribution < 1.29 is 9.53 Å². The molecule has 1 aliphatic rings.